The number of fused-ring (bicyclic) bond motifs is 1. The number of halogens is 1. The Labute approximate surface area is 170 Å². The summed E-state index contributed by atoms with van der Waals surface area (Å²) in [5.41, 5.74) is 6.43. The van der Waals surface area contributed by atoms with Crippen molar-refractivity contribution in [3.8, 4) is 22.8 Å². The van der Waals surface area contributed by atoms with Gasteiger partial charge in [0.1, 0.15) is 17.1 Å². The third kappa shape index (κ3) is 3.20. The molecule has 0 aliphatic rings. The van der Waals surface area contributed by atoms with Gasteiger partial charge in [0, 0.05) is 12.6 Å². The second-order valence-corrected chi connectivity index (χ2v) is 6.54. The van der Waals surface area contributed by atoms with Crippen LogP contribution in [0.2, 0.25) is 0 Å². The summed E-state index contributed by atoms with van der Waals surface area (Å²) in [5.74, 6) is -0.322. The molecule has 9 heteroatoms. The van der Waals surface area contributed by atoms with Gasteiger partial charge in [0.05, 0.1) is 12.3 Å². The molecular weight excluding hydrogens is 389 g/mol. The average Bonchev–Trinajstić information content (AvgIpc) is 2.99. The minimum atomic E-state index is -0.790. The van der Waals surface area contributed by atoms with Crippen LogP contribution in [0.15, 0.2) is 53.3 Å². The summed E-state index contributed by atoms with van der Waals surface area (Å²) in [5, 5.41) is 0. The maximum Gasteiger partial charge on any atom is 0.334 e. The molecular formula is C21H18FN5O3. The standard InChI is InChI=1S/C21H18FN5O3/c1-3-30-15-10-4-12(5-11-15)19-24-16(18(23)28)17-20(25-19)27(21(29)26(17)2)14-8-6-13(22)7-9-14/h4-11H,3H2,1-2H3,(H2,23,28). The van der Waals surface area contributed by atoms with Crippen LogP contribution in [0.4, 0.5) is 4.39 Å². The molecule has 2 aromatic heterocycles. The Kier molecular flexibility index (Phi) is 4.78. The maximum absolute atomic E-state index is 13.4. The average molecular weight is 407 g/mol. The second-order valence-electron chi connectivity index (χ2n) is 6.54. The van der Waals surface area contributed by atoms with Gasteiger partial charge >= 0.3 is 5.69 Å². The van der Waals surface area contributed by atoms with Gasteiger partial charge in [-0.15, -0.1) is 0 Å². The van der Waals surface area contributed by atoms with E-state index in [1.165, 1.54) is 40.4 Å². The molecule has 0 bridgehead atoms. The molecule has 0 aliphatic carbocycles. The summed E-state index contributed by atoms with van der Waals surface area (Å²) in [6.07, 6.45) is 0. The smallest absolute Gasteiger partial charge is 0.334 e. The third-order valence-electron chi connectivity index (χ3n) is 4.63. The first-order chi connectivity index (χ1) is 14.4. The quantitative estimate of drug-likeness (QED) is 0.547. The molecule has 0 aliphatic heterocycles. The number of imidazole rings is 1. The number of benzene rings is 2. The van der Waals surface area contributed by atoms with E-state index in [1.54, 1.807) is 24.3 Å². The Hall–Kier alpha value is -4.01. The molecule has 0 saturated carbocycles. The van der Waals surface area contributed by atoms with Crippen LogP contribution in [0.5, 0.6) is 5.75 Å². The van der Waals surface area contributed by atoms with Gasteiger partial charge in [-0.25, -0.2) is 23.7 Å². The van der Waals surface area contributed by atoms with Gasteiger partial charge in [-0.1, -0.05) is 0 Å². The molecule has 0 unspecified atom stereocenters. The van der Waals surface area contributed by atoms with E-state index in [-0.39, 0.29) is 22.7 Å². The lowest BCUT2D eigenvalue weighted by Gasteiger charge is -2.08. The predicted octanol–water partition coefficient (Wildman–Crippen LogP) is 2.42. The molecule has 0 atom stereocenters. The molecule has 4 rings (SSSR count). The van der Waals surface area contributed by atoms with E-state index in [0.29, 0.717) is 23.6 Å². The molecule has 4 aromatic rings. The number of hydrogen-bond donors (Lipinski definition) is 1. The summed E-state index contributed by atoms with van der Waals surface area (Å²) in [6.45, 7) is 2.41. The highest BCUT2D eigenvalue weighted by Crippen LogP contribution is 2.24. The van der Waals surface area contributed by atoms with E-state index in [2.05, 4.69) is 9.97 Å². The molecule has 30 heavy (non-hydrogen) atoms. The van der Waals surface area contributed by atoms with Crippen molar-refractivity contribution in [1.29, 1.82) is 0 Å². The van der Waals surface area contributed by atoms with Crippen LogP contribution in [0.1, 0.15) is 17.4 Å². The summed E-state index contributed by atoms with van der Waals surface area (Å²) in [6, 6.07) is 12.4. The molecule has 0 spiro atoms. The highest BCUT2D eigenvalue weighted by atomic mass is 19.1. The summed E-state index contributed by atoms with van der Waals surface area (Å²) in [4.78, 5) is 33.9. The fraction of sp³-hybridized carbons (Fsp3) is 0.143. The highest BCUT2D eigenvalue weighted by molar-refractivity contribution is 6.02. The first kappa shape index (κ1) is 19.3. The van der Waals surface area contributed by atoms with Crippen molar-refractivity contribution in [2.45, 2.75) is 6.92 Å². The Morgan fingerprint density at radius 2 is 1.77 bits per heavy atom. The van der Waals surface area contributed by atoms with Gasteiger partial charge in [0.15, 0.2) is 17.2 Å². The number of ether oxygens (including phenoxy) is 1. The molecule has 0 saturated heterocycles. The zero-order chi connectivity index (χ0) is 21.4. The van der Waals surface area contributed by atoms with Gasteiger partial charge in [-0.05, 0) is 55.5 Å². The third-order valence-corrected chi connectivity index (χ3v) is 4.63. The van der Waals surface area contributed by atoms with Crippen molar-refractivity contribution < 1.29 is 13.9 Å². The first-order valence-electron chi connectivity index (χ1n) is 9.19. The zero-order valence-electron chi connectivity index (χ0n) is 16.3. The molecule has 0 fully saturated rings. The van der Waals surface area contributed by atoms with E-state index in [1.807, 2.05) is 6.92 Å². The predicted molar refractivity (Wildman–Crippen MR) is 109 cm³/mol. The van der Waals surface area contributed by atoms with Crippen molar-refractivity contribution in [2.75, 3.05) is 6.61 Å². The SMILES string of the molecule is CCOc1ccc(-c2nc(C(N)=O)c3c(n2)n(-c2ccc(F)cc2)c(=O)n3C)cc1. The fourth-order valence-corrected chi connectivity index (χ4v) is 3.23. The molecule has 152 valence electrons. The minimum absolute atomic E-state index is 0.0793. The molecule has 8 nitrogen and oxygen atoms in total. The van der Waals surface area contributed by atoms with E-state index in [4.69, 9.17) is 10.5 Å². The molecule has 2 heterocycles. The van der Waals surface area contributed by atoms with Gasteiger partial charge in [0.2, 0.25) is 0 Å². The number of hydrogen-bond acceptors (Lipinski definition) is 5. The Bertz CT molecular complexity index is 1310. The van der Waals surface area contributed by atoms with Crippen molar-refractivity contribution in [1.82, 2.24) is 19.1 Å². The van der Waals surface area contributed by atoms with Gasteiger partial charge in [-0.2, -0.15) is 0 Å². The molecule has 1 amide bonds. The van der Waals surface area contributed by atoms with Crippen LogP contribution in [-0.4, -0.2) is 31.6 Å². The number of aromatic nitrogens is 4. The Morgan fingerprint density at radius 1 is 1.10 bits per heavy atom. The lowest BCUT2D eigenvalue weighted by atomic mass is 10.2. The topological polar surface area (TPSA) is 105 Å². The van der Waals surface area contributed by atoms with Gasteiger partial charge in [0.25, 0.3) is 5.91 Å². The number of carbonyl (C=O) groups excluding carboxylic acids is 1. The number of aryl methyl sites for hydroxylation is 1. The minimum Gasteiger partial charge on any atom is -0.494 e. The second kappa shape index (κ2) is 7.43. The van der Waals surface area contributed by atoms with E-state index in [9.17, 15) is 14.0 Å². The first-order valence-corrected chi connectivity index (χ1v) is 9.19. The monoisotopic (exact) mass is 407 g/mol. The number of primary amides is 1. The van der Waals surface area contributed by atoms with E-state index in [0.717, 1.165) is 0 Å². The van der Waals surface area contributed by atoms with Crippen molar-refractivity contribution in [3.63, 3.8) is 0 Å². The van der Waals surface area contributed by atoms with Crippen LogP contribution in [0, 0.1) is 5.82 Å². The summed E-state index contributed by atoms with van der Waals surface area (Å²) in [7, 11) is 1.50. The number of amides is 1. The van der Waals surface area contributed by atoms with Crippen LogP contribution in [0.25, 0.3) is 28.2 Å². The molecule has 2 aromatic carbocycles. The molecule has 0 radical (unpaired) electrons. The lowest BCUT2D eigenvalue weighted by molar-refractivity contribution is 0.0997. The lowest BCUT2D eigenvalue weighted by Crippen LogP contribution is -2.21. The highest BCUT2D eigenvalue weighted by Gasteiger charge is 2.22. The Balaban J connectivity index is 2.00. The van der Waals surface area contributed by atoms with E-state index < -0.39 is 17.4 Å². The van der Waals surface area contributed by atoms with Gasteiger partial charge < -0.3 is 10.5 Å². The van der Waals surface area contributed by atoms with Crippen LogP contribution in [0.3, 0.4) is 0 Å². The summed E-state index contributed by atoms with van der Waals surface area (Å²) >= 11 is 0. The van der Waals surface area contributed by atoms with E-state index >= 15 is 0 Å². The van der Waals surface area contributed by atoms with Gasteiger partial charge in [-0.3, -0.25) is 9.36 Å². The maximum atomic E-state index is 13.4. The Morgan fingerprint density at radius 3 is 2.37 bits per heavy atom. The van der Waals surface area contributed by atoms with Crippen molar-refractivity contribution >= 4 is 17.1 Å². The van der Waals surface area contributed by atoms with Crippen LogP contribution >= 0.6 is 0 Å². The molecule has 2 N–H and O–H groups in total. The summed E-state index contributed by atoms with van der Waals surface area (Å²) < 4.78 is 21.4. The van der Waals surface area contributed by atoms with Crippen LogP contribution in [-0.2, 0) is 7.05 Å². The van der Waals surface area contributed by atoms with Crippen molar-refractivity contribution in [3.05, 3.63) is 70.5 Å². The normalized spacial score (nSPS) is 11.0. The van der Waals surface area contributed by atoms with Crippen molar-refractivity contribution in [2.24, 2.45) is 12.8 Å². The largest absolute Gasteiger partial charge is 0.494 e. The number of carbonyl (C=O) groups is 1. The van der Waals surface area contributed by atoms with Crippen LogP contribution < -0.4 is 16.2 Å². The zero-order valence-corrected chi connectivity index (χ0v) is 16.3. The number of nitrogens with two attached hydrogens (primary N) is 1. The fourth-order valence-electron chi connectivity index (χ4n) is 3.23. The number of rotatable bonds is 5. The number of nitrogens with zero attached hydrogens (tertiary/aromatic N) is 4.